The van der Waals surface area contributed by atoms with E-state index in [0.29, 0.717) is 6.04 Å². The smallest absolute Gasteiger partial charge is 0.123 e. The Bertz CT molecular complexity index is 531. The van der Waals surface area contributed by atoms with Crippen LogP contribution in [0.15, 0.2) is 24.3 Å². The van der Waals surface area contributed by atoms with Crippen molar-refractivity contribution < 1.29 is 0 Å². The van der Waals surface area contributed by atoms with Crippen LogP contribution >= 0.6 is 0 Å². The predicted molar refractivity (Wildman–Crippen MR) is 68.6 cm³/mol. The molecule has 4 heteroatoms. The van der Waals surface area contributed by atoms with Gasteiger partial charge in [-0.15, -0.1) is 0 Å². The summed E-state index contributed by atoms with van der Waals surface area (Å²) in [5.41, 5.74) is 8.20. The molecule has 1 fully saturated rings. The van der Waals surface area contributed by atoms with Crippen molar-refractivity contribution in [1.29, 1.82) is 0 Å². The van der Waals surface area contributed by atoms with Crippen LogP contribution in [0.1, 0.15) is 12.2 Å². The number of hydrogen-bond acceptors (Lipinski definition) is 3. The van der Waals surface area contributed by atoms with E-state index in [1.165, 1.54) is 5.52 Å². The van der Waals surface area contributed by atoms with Crippen LogP contribution in [0.3, 0.4) is 0 Å². The molecular formula is C13H18N4. The van der Waals surface area contributed by atoms with Crippen LogP contribution in [0.25, 0.3) is 11.0 Å². The fourth-order valence-electron chi connectivity index (χ4n) is 2.54. The highest BCUT2D eigenvalue weighted by atomic mass is 15.2. The molecule has 1 aromatic heterocycles. The van der Waals surface area contributed by atoms with Crippen molar-refractivity contribution in [3.8, 4) is 0 Å². The van der Waals surface area contributed by atoms with Gasteiger partial charge in [0.1, 0.15) is 5.82 Å². The Hall–Kier alpha value is -1.39. The van der Waals surface area contributed by atoms with Crippen LogP contribution < -0.4 is 5.73 Å². The molecule has 1 aromatic carbocycles. The number of hydrogen-bond donors (Lipinski definition) is 1. The molecule has 1 aliphatic heterocycles. The molecule has 1 atom stereocenters. The quantitative estimate of drug-likeness (QED) is 0.840. The van der Waals surface area contributed by atoms with Crippen LogP contribution in [0.5, 0.6) is 0 Å². The minimum atomic E-state index is 0.338. The van der Waals surface area contributed by atoms with E-state index in [2.05, 4.69) is 39.7 Å². The van der Waals surface area contributed by atoms with Crippen LogP contribution in [0, 0.1) is 0 Å². The standard InChI is InChI=1S/C13H18N4/c1-16-12-5-3-2-4-11(12)15-13(16)9-17-7-6-10(14)8-17/h2-5,10H,6-9,14H2,1H3. The van der Waals surface area contributed by atoms with Gasteiger partial charge in [0, 0.05) is 26.2 Å². The number of fused-ring (bicyclic) bond motifs is 1. The van der Waals surface area contributed by atoms with Crippen molar-refractivity contribution in [2.24, 2.45) is 12.8 Å². The maximum atomic E-state index is 5.92. The van der Waals surface area contributed by atoms with Crippen LogP contribution in [-0.2, 0) is 13.6 Å². The highest BCUT2D eigenvalue weighted by Gasteiger charge is 2.20. The first-order valence-electron chi connectivity index (χ1n) is 6.12. The van der Waals surface area contributed by atoms with Gasteiger partial charge in [-0.1, -0.05) is 12.1 Å². The summed E-state index contributed by atoms with van der Waals surface area (Å²) in [7, 11) is 2.08. The van der Waals surface area contributed by atoms with Crippen molar-refractivity contribution >= 4 is 11.0 Å². The molecule has 2 heterocycles. The summed E-state index contributed by atoms with van der Waals surface area (Å²) in [6.45, 7) is 2.98. The number of imidazole rings is 1. The summed E-state index contributed by atoms with van der Waals surface area (Å²) in [4.78, 5) is 7.06. The SMILES string of the molecule is Cn1c(CN2CCC(N)C2)nc2ccccc21. The lowest BCUT2D eigenvalue weighted by Crippen LogP contribution is -2.27. The van der Waals surface area contributed by atoms with Crippen molar-refractivity contribution in [2.75, 3.05) is 13.1 Å². The number of benzene rings is 1. The second kappa shape index (κ2) is 4.13. The first-order valence-corrected chi connectivity index (χ1v) is 6.12. The summed E-state index contributed by atoms with van der Waals surface area (Å²) in [5, 5.41) is 0. The molecule has 0 bridgehead atoms. The Morgan fingerprint density at radius 2 is 2.24 bits per heavy atom. The number of nitrogens with two attached hydrogens (primary N) is 1. The molecule has 0 spiro atoms. The van der Waals surface area contributed by atoms with Crippen LogP contribution in [-0.4, -0.2) is 33.6 Å². The fraction of sp³-hybridized carbons (Fsp3) is 0.462. The van der Waals surface area contributed by atoms with Gasteiger partial charge in [0.15, 0.2) is 0 Å². The van der Waals surface area contributed by atoms with Crippen LogP contribution in [0.2, 0.25) is 0 Å². The Morgan fingerprint density at radius 3 is 2.94 bits per heavy atom. The first kappa shape index (κ1) is 10.7. The highest BCUT2D eigenvalue weighted by Crippen LogP contribution is 2.17. The number of aromatic nitrogens is 2. The molecule has 4 nitrogen and oxygen atoms in total. The van der Waals surface area contributed by atoms with Crippen molar-refractivity contribution in [2.45, 2.75) is 19.0 Å². The van der Waals surface area contributed by atoms with Crippen LogP contribution in [0.4, 0.5) is 0 Å². The molecule has 1 saturated heterocycles. The van der Waals surface area contributed by atoms with E-state index in [9.17, 15) is 0 Å². The average molecular weight is 230 g/mol. The maximum Gasteiger partial charge on any atom is 0.123 e. The third kappa shape index (κ3) is 1.94. The summed E-state index contributed by atoms with van der Waals surface area (Å²) >= 11 is 0. The van der Waals surface area contributed by atoms with E-state index in [1.807, 2.05) is 6.07 Å². The molecule has 1 unspecified atom stereocenters. The normalized spacial score (nSPS) is 21.4. The van der Waals surface area contributed by atoms with E-state index >= 15 is 0 Å². The Kier molecular flexibility index (Phi) is 2.61. The van der Waals surface area contributed by atoms with Gasteiger partial charge in [-0.05, 0) is 18.6 Å². The largest absolute Gasteiger partial charge is 0.330 e. The summed E-state index contributed by atoms with van der Waals surface area (Å²) in [5.74, 6) is 1.13. The van der Waals surface area contributed by atoms with Gasteiger partial charge in [-0.3, -0.25) is 4.90 Å². The highest BCUT2D eigenvalue weighted by molar-refractivity contribution is 5.75. The Morgan fingerprint density at radius 1 is 1.41 bits per heavy atom. The van der Waals surface area contributed by atoms with Gasteiger partial charge >= 0.3 is 0 Å². The second-order valence-electron chi connectivity index (χ2n) is 4.86. The lowest BCUT2D eigenvalue weighted by atomic mass is 10.3. The number of nitrogens with zero attached hydrogens (tertiary/aromatic N) is 3. The average Bonchev–Trinajstić information content (AvgIpc) is 2.86. The van der Waals surface area contributed by atoms with Gasteiger partial charge in [0.2, 0.25) is 0 Å². The Labute approximate surface area is 101 Å². The molecule has 0 saturated carbocycles. The lowest BCUT2D eigenvalue weighted by Gasteiger charge is -2.14. The van der Waals surface area contributed by atoms with E-state index < -0.39 is 0 Å². The lowest BCUT2D eigenvalue weighted by molar-refractivity contribution is 0.315. The van der Waals surface area contributed by atoms with Crippen molar-refractivity contribution in [3.05, 3.63) is 30.1 Å². The van der Waals surface area contributed by atoms with Crippen molar-refractivity contribution in [3.63, 3.8) is 0 Å². The van der Waals surface area contributed by atoms with Crippen molar-refractivity contribution in [1.82, 2.24) is 14.5 Å². The fourth-order valence-corrected chi connectivity index (χ4v) is 2.54. The number of likely N-dealkylation sites (tertiary alicyclic amines) is 1. The molecule has 2 aromatic rings. The number of aryl methyl sites for hydroxylation is 1. The first-order chi connectivity index (χ1) is 8.24. The third-order valence-electron chi connectivity index (χ3n) is 3.55. The second-order valence-corrected chi connectivity index (χ2v) is 4.86. The number of rotatable bonds is 2. The monoisotopic (exact) mass is 230 g/mol. The van der Waals surface area contributed by atoms with E-state index in [4.69, 9.17) is 5.73 Å². The minimum absolute atomic E-state index is 0.338. The number of para-hydroxylation sites is 2. The van der Waals surface area contributed by atoms with E-state index in [-0.39, 0.29) is 0 Å². The summed E-state index contributed by atoms with van der Waals surface area (Å²) in [6.07, 6.45) is 1.10. The van der Waals surface area contributed by atoms with Gasteiger partial charge in [0.05, 0.1) is 17.6 Å². The van der Waals surface area contributed by atoms with E-state index in [1.54, 1.807) is 0 Å². The molecule has 0 aliphatic carbocycles. The molecule has 0 amide bonds. The van der Waals surface area contributed by atoms with Gasteiger partial charge in [0.25, 0.3) is 0 Å². The molecule has 0 radical (unpaired) electrons. The zero-order valence-corrected chi connectivity index (χ0v) is 10.1. The molecular weight excluding hydrogens is 212 g/mol. The minimum Gasteiger partial charge on any atom is -0.330 e. The van der Waals surface area contributed by atoms with Gasteiger partial charge in [-0.25, -0.2) is 4.98 Å². The topological polar surface area (TPSA) is 47.1 Å². The molecule has 90 valence electrons. The summed E-state index contributed by atoms with van der Waals surface area (Å²) in [6, 6.07) is 8.60. The zero-order chi connectivity index (χ0) is 11.8. The predicted octanol–water partition coefficient (Wildman–Crippen LogP) is 1.11. The molecule has 3 rings (SSSR count). The summed E-state index contributed by atoms with van der Waals surface area (Å²) < 4.78 is 2.18. The molecule has 17 heavy (non-hydrogen) atoms. The molecule has 1 aliphatic rings. The van der Waals surface area contributed by atoms with Gasteiger partial charge in [-0.2, -0.15) is 0 Å². The van der Waals surface area contributed by atoms with E-state index in [0.717, 1.165) is 37.4 Å². The Balaban J connectivity index is 1.88. The van der Waals surface area contributed by atoms with Gasteiger partial charge < -0.3 is 10.3 Å². The third-order valence-corrected chi connectivity index (χ3v) is 3.55. The molecule has 2 N–H and O–H groups in total. The zero-order valence-electron chi connectivity index (χ0n) is 10.1. The maximum absolute atomic E-state index is 5.92.